The Kier molecular flexibility index (Phi) is 5.44. The number of nitrogens with one attached hydrogen (secondary N) is 1. The third-order valence-corrected chi connectivity index (χ3v) is 4.43. The molecule has 0 aliphatic carbocycles. The Bertz CT molecular complexity index is 615. The van der Waals surface area contributed by atoms with Crippen molar-refractivity contribution in [3.8, 4) is 0 Å². The van der Waals surface area contributed by atoms with Crippen molar-refractivity contribution in [2.45, 2.75) is 44.0 Å². The van der Waals surface area contributed by atoms with Gasteiger partial charge < -0.3 is 14.7 Å². The molecule has 10 heteroatoms. The molecule has 1 atom stereocenters. The molecule has 1 rings (SSSR count). The lowest BCUT2D eigenvalue weighted by atomic mass is 10.1. The highest BCUT2D eigenvalue weighted by atomic mass is 32.2. The number of rotatable bonds is 8. The number of hydrogen-bond donors (Lipinski definition) is 3. The summed E-state index contributed by atoms with van der Waals surface area (Å²) >= 11 is 0. The van der Waals surface area contributed by atoms with Gasteiger partial charge in [0.15, 0.2) is 5.76 Å². The third-order valence-electron chi connectivity index (χ3n) is 2.72. The van der Waals surface area contributed by atoms with Gasteiger partial charge in [-0.25, -0.2) is 8.42 Å². The Morgan fingerprint density at radius 2 is 1.95 bits per heavy atom. The van der Waals surface area contributed by atoms with Crippen molar-refractivity contribution in [2.24, 2.45) is 0 Å². The first kappa shape index (κ1) is 17.1. The van der Waals surface area contributed by atoms with E-state index in [9.17, 15) is 18.0 Å². The van der Waals surface area contributed by atoms with Crippen LogP contribution in [0.15, 0.2) is 9.42 Å². The maximum atomic E-state index is 12.2. The second-order valence-corrected chi connectivity index (χ2v) is 6.10. The number of aromatic nitrogens is 1. The highest BCUT2D eigenvalue weighted by Crippen LogP contribution is 2.19. The molecule has 0 saturated heterocycles. The summed E-state index contributed by atoms with van der Waals surface area (Å²) in [6.07, 6.45) is -0.336. The van der Waals surface area contributed by atoms with E-state index in [0.717, 1.165) is 0 Å². The second-order valence-electron chi connectivity index (χ2n) is 4.45. The summed E-state index contributed by atoms with van der Waals surface area (Å²) in [5, 5.41) is 21.0. The monoisotopic (exact) mass is 320 g/mol. The second kappa shape index (κ2) is 6.68. The normalized spacial score (nSPS) is 13.0. The van der Waals surface area contributed by atoms with E-state index in [1.165, 1.54) is 13.8 Å². The molecule has 0 aliphatic heterocycles. The van der Waals surface area contributed by atoms with Crippen molar-refractivity contribution in [3.63, 3.8) is 0 Å². The van der Waals surface area contributed by atoms with Crippen molar-refractivity contribution in [1.82, 2.24) is 9.88 Å². The van der Waals surface area contributed by atoms with Crippen LogP contribution >= 0.6 is 0 Å². The molecule has 1 unspecified atom stereocenters. The van der Waals surface area contributed by atoms with Gasteiger partial charge in [-0.15, -0.1) is 0 Å². The highest BCUT2D eigenvalue weighted by molar-refractivity contribution is 7.89. The number of nitrogens with zero attached hydrogens (tertiary/aromatic N) is 1. The number of aliphatic carboxylic acids is 2. The number of carboxylic acid groups (broad SMARTS) is 2. The molecule has 0 fully saturated rings. The molecule has 0 spiro atoms. The molecule has 0 aliphatic rings. The van der Waals surface area contributed by atoms with E-state index in [0.29, 0.717) is 0 Å². The summed E-state index contributed by atoms with van der Waals surface area (Å²) in [4.78, 5) is 21.3. The summed E-state index contributed by atoms with van der Waals surface area (Å²) < 4.78 is 31.1. The lowest BCUT2D eigenvalue weighted by Crippen LogP contribution is -2.41. The minimum Gasteiger partial charge on any atom is -0.481 e. The van der Waals surface area contributed by atoms with E-state index in [2.05, 4.69) is 5.16 Å². The van der Waals surface area contributed by atoms with Gasteiger partial charge in [0.25, 0.3) is 0 Å². The lowest BCUT2D eigenvalue weighted by Gasteiger charge is -2.14. The lowest BCUT2D eigenvalue weighted by molar-refractivity contribution is -0.140. The molecule has 0 bridgehead atoms. The largest absolute Gasteiger partial charge is 0.481 e. The predicted molar refractivity (Wildman–Crippen MR) is 69.2 cm³/mol. The van der Waals surface area contributed by atoms with Gasteiger partial charge in [0.2, 0.25) is 10.0 Å². The average molecular weight is 320 g/mol. The van der Waals surface area contributed by atoms with E-state index in [-0.39, 0.29) is 35.6 Å². The maximum Gasteiger partial charge on any atom is 0.321 e. The van der Waals surface area contributed by atoms with Crippen LogP contribution in [-0.2, 0) is 19.6 Å². The van der Waals surface area contributed by atoms with Gasteiger partial charge in [-0.1, -0.05) is 5.16 Å². The van der Waals surface area contributed by atoms with E-state index in [1.54, 1.807) is 0 Å². The first-order valence-electron chi connectivity index (χ1n) is 6.05. The van der Waals surface area contributed by atoms with Gasteiger partial charge in [-0.05, 0) is 26.7 Å². The topological polar surface area (TPSA) is 147 Å². The molecule has 21 heavy (non-hydrogen) atoms. The molecule has 118 valence electrons. The van der Waals surface area contributed by atoms with Gasteiger partial charge >= 0.3 is 11.9 Å². The average Bonchev–Trinajstić information content (AvgIpc) is 2.67. The predicted octanol–water partition coefficient (Wildman–Crippen LogP) is 0.278. The molecule has 0 radical (unpaired) electrons. The van der Waals surface area contributed by atoms with Gasteiger partial charge in [-0.3, -0.25) is 9.59 Å². The van der Waals surface area contributed by atoms with Crippen LogP contribution in [0.4, 0.5) is 0 Å². The van der Waals surface area contributed by atoms with Crippen molar-refractivity contribution in [1.29, 1.82) is 0 Å². The van der Waals surface area contributed by atoms with Crippen molar-refractivity contribution in [3.05, 3.63) is 11.5 Å². The van der Waals surface area contributed by atoms with Crippen molar-refractivity contribution in [2.75, 3.05) is 0 Å². The molecule has 1 aromatic heterocycles. The van der Waals surface area contributed by atoms with Gasteiger partial charge in [-0.2, -0.15) is 4.72 Å². The number of carbonyl (C=O) groups is 2. The highest BCUT2D eigenvalue weighted by Gasteiger charge is 2.30. The minimum absolute atomic E-state index is 0.0381. The Balaban J connectivity index is 2.88. The Labute approximate surface area is 121 Å². The Morgan fingerprint density at radius 1 is 1.33 bits per heavy atom. The van der Waals surface area contributed by atoms with Crippen LogP contribution in [0.2, 0.25) is 0 Å². The summed E-state index contributed by atoms with van der Waals surface area (Å²) in [5.74, 6) is -2.40. The smallest absolute Gasteiger partial charge is 0.321 e. The summed E-state index contributed by atoms with van der Waals surface area (Å²) in [7, 11) is -4.11. The molecule has 0 amide bonds. The zero-order valence-corrected chi connectivity index (χ0v) is 12.3. The summed E-state index contributed by atoms with van der Waals surface area (Å²) in [6.45, 7) is 2.82. The number of sulfonamides is 1. The molecule has 1 aromatic rings. The molecule has 9 nitrogen and oxygen atoms in total. The van der Waals surface area contributed by atoms with Crippen LogP contribution in [-0.4, -0.2) is 41.8 Å². The third kappa shape index (κ3) is 4.53. The van der Waals surface area contributed by atoms with E-state index < -0.39 is 28.0 Å². The maximum absolute atomic E-state index is 12.2. The van der Waals surface area contributed by atoms with Crippen LogP contribution in [0.25, 0.3) is 0 Å². The van der Waals surface area contributed by atoms with Crippen LogP contribution < -0.4 is 4.72 Å². The molecular weight excluding hydrogens is 304 g/mol. The Morgan fingerprint density at radius 3 is 2.38 bits per heavy atom. The molecule has 0 aromatic carbocycles. The van der Waals surface area contributed by atoms with Crippen molar-refractivity contribution < 1.29 is 32.7 Å². The first-order chi connectivity index (χ1) is 9.65. The Hall–Kier alpha value is -1.94. The molecule has 1 heterocycles. The number of aryl methyl sites for hydroxylation is 2. The van der Waals surface area contributed by atoms with Crippen molar-refractivity contribution >= 4 is 22.0 Å². The van der Waals surface area contributed by atoms with Crippen LogP contribution in [0.3, 0.4) is 0 Å². The standard InChI is InChI=1S/C11H16N2O7S/c1-6-10(7(2)20-12-6)21(18,19)13-8(11(16)17)4-3-5-9(14)15/h8,13H,3-5H2,1-2H3,(H,14,15)(H,16,17). The minimum atomic E-state index is -4.11. The molecule has 0 saturated carbocycles. The fourth-order valence-electron chi connectivity index (χ4n) is 1.79. The van der Waals surface area contributed by atoms with Crippen LogP contribution in [0.5, 0.6) is 0 Å². The zero-order chi connectivity index (χ0) is 16.2. The number of carboxylic acids is 2. The van der Waals surface area contributed by atoms with Gasteiger partial charge in [0.1, 0.15) is 16.6 Å². The van der Waals surface area contributed by atoms with E-state index >= 15 is 0 Å². The number of hydrogen-bond acceptors (Lipinski definition) is 6. The summed E-state index contributed by atoms with van der Waals surface area (Å²) in [6, 6.07) is -1.41. The fraction of sp³-hybridized carbons (Fsp3) is 0.545. The van der Waals surface area contributed by atoms with E-state index in [4.69, 9.17) is 14.7 Å². The quantitative estimate of drug-likeness (QED) is 0.618. The fourth-order valence-corrected chi connectivity index (χ4v) is 3.35. The molecule has 3 N–H and O–H groups in total. The van der Waals surface area contributed by atoms with E-state index in [1.807, 2.05) is 4.72 Å². The van der Waals surface area contributed by atoms with Crippen LogP contribution in [0.1, 0.15) is 30.7 Å². The van der Waals surface area contributed by atoms with Crippen LogP contribution in [0, 0.1) is 13.8 Å². The SMILES string of the molecule is Cc1noc(C)c1S(=O)(=O)NC(CCCC(=O)O)C(=O)O. The van der Waals surface area contributed by atoms with Gasteiger partial charge in [0.05, 0.1) is 0 Å². The molecular formula is C11H16N2O7S. The summed E-state index contributed by atoms with van der Waals surface area (Å²) in [5.41, 5.74) is 0.120. The zero-order valence-electron chi connectivity index (χ0n) is 11.5. The van der Waals surface area contributed by atoms with Gasteiger partial charge in [0, 0.05) is 6.42 Å². The first-order valence-corrected chi connectivity index (χ1v) is 7.53.